The number of phenols is 6. The van der Waals surface area contributed by atoms with Gasteiger partial charge in [-0.15, -0.1) is 0 Å². The van der Waals surface area contributed by atoms with Crippen LogP contribution in [0.15, 0.2) is 164 Å². The number of aromatic hydroxyl groups is 6. The van der Waals surface area contributed by atoms with Gasteiger partial charge in [-0.05, 0) is 190 Å². The first-order chi connectivity index (χ1) is 49.7. The van der Waals surface area contributed by atoms with Crippen LogP contribution in [0.25, 0.3) is 32.3 Å². The van der Waals surface area contributed by atoms with Crippen molar-refractivity contribution in [2.75, 3.05) is 13.2 Å². The molecule has 12 rings (SSSR count). The zero-order valence-corrected chi connectivity index (χ0v) is 62.2. The molecule has 0 saturated carbocycles. The lowest BCUT2D eigenvalue weighted by molar-refractivity contribution is -0.433. The van der Waals surface area contributed by atoms with E-state index in [1.54, 1.807) is 87.5 Å². The van der Waals surface area contributed by atoms with E-state index in [1.807, 2.05) is 152 Å². The highest BCUT2D eigenvalue weighted by molar-refractivity contribution is 5.90. The highest BCUT2D eigenvalue weighted by atomic mass is 19.4. The fourth-order valence-corrected chi connectivity index (χ4v) is 10.5. The number of benzene rings is 9. The molecule has 29 heteroatoms. The van der Waals surface area contributed by atoms with Gasteiger partial charge in [-0.3, -0.25) is 9.53 Å². The quantitative estimate of drug-likeness (QED) is 0.0445. The summed E-state index contributed by atoms with van der Waals surface area (Å²) in [6.07, 6.45) is -21.1. The zero-order valence-electron chi connectivity index (χ0n) is 62.2. The summed E-state index contributed by atoms with van der Waals surface area (Å²) in [5.41, 5.74) is 2.67. The number of alkyl halides is 15. The number of aryl methyl sites for hydroxylation is 8. The molecule has 0 aromatic heterocycles. The molecular weight excluding hydrogens is 1470 g/mol. The summed E-state index contributed by atoms with van der Waals surface area (Å²) < 4.78 is 204. The van der Waals surface area contributed by atoms with Crippen molar-refractivity contribution in [3.63, 3.8) is 0 Å². The van der Waals surface area contributed by atoms with Crippen LogP contribution in [0.3, 0.4) is 0 Å². The van der Waals surface area contributed by atoms with Gasteiger partial charge in [0.05, 0.1) is 18.6 Å². The number of esters is 1. The number of phenolic OH excluding ortho intramolecular Hbond substituents is 6. The monoisotopic (exact) mass is 1560 g/mol. The van der Waals surface area contributed by atoms with Crippen LogP contribution in [0.5, 0.6) is 40.2 Å². The van der Waals surface area contributed by atoms with Crippen molar-refractivity contribution in [3.8, 4) is 40.2 Å². The second kappa shape index (κ2) is 35.2. The van der Waals surface area contributed by atoms with Gasteiger partial charge in [0.2, 0.25) is 0 Å². The van der Waals surface area contributed by atoms with Crippen LogP contribution in [0.1, 0.15) is 106 Å². The van der Waals surface area contributed by atoms with Crippen LogP contribution >= 0.6 is 0 Å². The Morgan fingerprint density at radius 1 is 0.431 bits per heavy atom. The Morgan fingerprint density at radius 3 is 1.33 bits per heavy atom. The van der Waals surface area contributed by atoms with Crippen LogP contribution in [-0.2, 0) is 19.0 Å². The van der Waals surface area contributed by atoms with Crippen molar-refractivity contribution in [2.24, 2.45) is 16.2 Å². The molecule has 3 unspecified atom stereocenters. The fourth-order valence-electron chi connectivity index (χ4n) is 10.5. The van der Waals surface area contributed by atoms with Gasteiger partial charge in [0, 0.05) is 18.2 Å². The van der Waals surface area contributed by atoms with E-state index in [4.69, 9.17) is 30.3 Å². The minimum absolute atomic E-state index is 0.0665. The first-order valence-corrected chi connectivity index (χ1v) is 33.2. The average Bonchev–Trinajstić information content (AvgIpc) is 1.53. The lowest BCUT2D eigenvalue weighted by Gasteiger charge is -2.34. The molecule has 0 radical (unpaired) electrons. The number of hydrogen-bond donors (Lipinski definition) is 9. The maximum Gasteiger partial charge on any atom is 0.449 e. The van der Waals surface area contributed by atoms with Crippen molar-refractivity contribution < 1.29 is 136 Å². The number of carbonyl (C=O) groups is 1. The molecule has 3 heterocycles. The molecular formula is C80H89F15O14. The van der Waals surface area contributed by atoms with Gasteiger partial charge >= 0.3 is 54.0 Å². The number of hydrogen-bond acceptors (Lipinski definition) is 14. The Morgan fingerprint density at radius 2 is 0.908 bits per heavy atom. The van der Waals surface area contributed by atoms with Crippen LogP contribution in [0.4, 0.5) is 65.9 Å². The summed E-state index contributed by atoms with van der Waals surface area (Å²) in [4.78, 5) is 11.1. The number of rotatable bonds is 2. The minimum atomic E-state index is -6.03. The van der Waals surface area contributed by atoms with Crippen LogP contribution in [0.2, 0.25) is 0 Å². The highest BCUT2D eigenvalue weighted by Gasteiger charge is 2.88. The van der Waals surface area contributed by atoms with Crippen molar-refractivity contribution in [3.05, 3.63) is 208 Å². The molecule has 9 aromatic rings. The largest absolute Gasteiger partial charge is 0.508 e. The normalized spacial score (nSPS) is 20.0. The first kappa shape index (κ1) is 92.1. The Labute approximate surface area is 620 Å². The number of halogens is 15. The molecule has 9 aromatic carbocycles. The summed E-state index contributed by atoms with van der Waals surface area (Å²) in [5.74, 6) is -19.7. The lowest BCUT2D eigenvalue weighted by atomic mass is 9.82. The average molecular weight is 1560 g/mol. The number of carbonyl (C=O) groups excluding carboxylic acids is 1. The van der Waals surface area contributed by atoms with E-state index in [9.17, 15) is 91.1 Å². The first-order valence-electron chi connectivity index (χ1n) is 33.2. The predicted molar refractivity (Wildman–Crippen MR) is 382 cm³/mol. The molecule has 14 nitrogen and oxygen atoms in total. The van der Waals surface area contributed by atoms with Gasteiger partial charge in [0.1, 0.15) is 45.7 Å². The van der Waals surface area contributed by atoms with Gasteiger partial charge in [-0.25, -0.2) is 0 Å². The lowest BCUT2D eigenvalue weighted by Crippen LogP contribution is -2.59. The molecule has 0 amide bonds. The fraction of sp³-hybridized carbons (Fsp3) is 0.388. The van der Waals surface area contributed by atoms with E-state index in [0.29, 0.717) is 40.9 Å². The SMILES string of the molecule is CC1(C)C(F)(F)OC(O)(C(F)(F)F)C1(F)F.CC1(C)COC(O)(C(F)(F)F)C1.CC1(C)COC(O)(C(F)(F)F)C1(F)F.CCC(=O)Oc1ccc2cc(O)ccc2c1.Cc1cc(C)c(O)c(C)c1.Cc1ccc(O)c(C)c1.Cc1ccc(O)c2ccccc12.Cc1ccc(O)cc1.Cc1cccc2ccc(O)cc12. The molecule has 109 heavy (non-hydrogen) atoms. The molecule has 0 aliphatic carbocycles. The van der Waals surface area contributed by atoms with Crippen LogP contribution in [0, 0.1) is 71.6 Å². The topological polar surface area (TPSA) is 236 Å². The maximum absolute atomic E-state index is 13.2. The molecule has 3 atom stereocenters. The van der Waals surface area contributed by atoms with Crippen molar-refractivity contribution in [1.82, 2.24) is 0 Å². The molecule has 0 bridgehead atoms. The Bertz CT molecular complexity index is 4450. The molecule has 0 spiro atoms. The third kappa shape index (κ3) is 22.5. The third-order valence-corrected chi connectivity index (χ3v) is 17.3. The smallest absolute Gasteiger partial charge is 0.449 e. The summed E-state index contributed by atoms with van der Waals surface area (Å²) >= 11 is 0. The Kier molecular flexibility index (Phi) is 29.7. The van der Waals surface area contributed by atoms with E-state index in [-0.39, 0.29) is 32.2 Å². The number of aliphatic hydroxyl groups is 3. The second-order valence-electron chi connectivity index (χ2n) is 28.1. The van der Waals surface area contributed by atoms with E-state index < -0.39 is 83.1 Å². The standard InChI is InChI=1S/C13H12O3.2C11H10O.C9H12O.C8H10O.C7H7F7O2.C7H9F5O2.C7H11F3O2.C7H8O/c1-2-13(15)16-12-6-4-9-7-11(14)5-3-10(9)8-12;1-8-3-2-4-9-5-6-10(12)7-11(8)9;1-8-6-7-11(12)10-5-3-2-4-9(8)10;1-6-4-7(2)9(10)8(3)5-6;1-6-3-4-8(9)7(2)5-6;1-3(2)4(8,9)5(15,6(10,11)12)16-7(3,13)14;1-4(2)3-14-6(13,5(4,8)9)7(10,11)12;1-5(2)3-6(11,12-4-5)7(8,9)10;1-6-2-4-7(8)5-3-6/h3-8,14H,2H2,1H3;2*2-7,12H,1H3;4-5,10H,1-3H3;3-5,9H,1-2H3;15H,1-2H3;13H,3H2,1-2H3;11H,3-4H2,1-2H3;2-5,8H,1H3. The van der Waals surface area contributed by atoms with Gasteiger partial charge in [-0.1, -0.05) is 154 Å². The molecule has 3 aliphatic rings. The molecule has 3 fully saturated rings. The van der Waals surface area contributed by atoms with E-state index in [0.717, 1.165) is 57.5 Å². The predicted octanol–water partition coefficient (Wildman–Crippen LogP) is 20.7. The van der Waals surface area contributed by atoms with Crippen LogP contribution in [-0.4, -0.2) is 119 Å². The number of fused-ring (bicyclic) bond motifs is 3. The van der Waals surface area contributed by atoms with Gasteiger partial charge in [0.25, 0.3) is 5.79 Å². The Balaban J connectivity index is 0.000000261. The van der Waals surface area contributed by atoms with E-state index in [1.165, 1.54) is 33.2 Å². The van der Waals surface area contributed by atoms with Crippen molar-refractivity contribution in [2.45, 2.75) is 171 Å². The highest BCUT2D eigenvalue weighted by Crippen LogP contribution is 2.65. The van der Waals surface area contributed by atoms with E-state index in [2.05, 4.69) is 14.2 Å². The summed E-state index contributed by atoms with van der Waals surface area (Å²) in [5, 5.41) is 87.8. The van der Waals surface area contributed by atoms with Crippen molar-refractivity contribution >= 4 is 38.3 Å². The van der Waals surface area contributed by atoms with Gasteiger partial charge in [-0.2, -0.15) is 65.9 Å². The molecule has 3 saturated heterocycles. The summed E-state index contributed by atoms with van der Waals surface area (Å²) in [6, 6.07) is 50.0. The molecule has 9 N–H and O–H groups in total. The Hall–Kier alpha value is -9.26. The minimum Gasteiger partial charge on any atom is -0.508 e. The summed E-state index contributed by atoms with van der Waals surface area (Å²) in [6.45, 7) is 22.1. The van der Waals surface area contributed by atoms with Crippen molar-refractivity contribution in [1.29, 1.82) is 0 Å². The maximum atomic E-state index is 13.2. The molecule has 598 valence electrons. The number of ether oxygens (including phenoxy) is 4. The summed E-state index contributed by atoms with van der Waals surface area (Å²) in [7, 11) is 0. The van der Waals surface area contributed by atoms with Crippen LogP contribution < -0.4 is 4.74 Å². The third-order valence-electron chi connectivity index (χ3n) is 17.3. The van der Waals surface area contributed by atoms with Gasteiger partial charge in [0.15, 0.2) is 0 Å². The molecule has 3 aliphatic heterocycles. The second-order valence-corrected chi connectivity index (χ2v) is 28.1. The van der Waals surface area contributed by atoms with E-state index >= 15 is 0 Å². The zero-order chi connectivity index (χ0) is 83.5. The van der Waals surface area contributed by atoms with Gasteiger partial charge < -0.3 is 60.2 Å².